The fraction of sp³-hybridized carbons (Fsp3) is 0.581. The van der Waals surface area contributed by atoms with Crippen molar-refractivity contribution in [2.75, 3.05) is 98.3 Å². The van der Waals surface area contributed by atoms with Crippen molar-refractivity contribution in [3.8, 4) is 0 Å². The molecule has 2 aromatic rings. The van der Waals surface area contributed by atoms with Gasteiger partial charge in [0.15, 0.2) is 27.6 Å². The number of carbonyl (C=O) groups is 6. The molecule has 2 aromatic carbocycles. The Kier molecular flexibility index (Phi) is 28.4. The molecule has 4 N–H and O–H groups in total. The van der Waals surface area contributed by atoms with Crippen molar-refractivity contribution >= 4 is 93.6 Å². The summed E-state index contributed by atoms with van der Waals surface area (Å²) in [6.07, 6.45) is -8.44. The van der Waals surface area contributed by atoms with E-state index < -0.39 is 75.8 Å². The summed E-state index contributed by atoms with van der Waals surface area (Å²) in [6.45, 7) is 9.98. The quantitative estimate of drug-likeness (QED) is 0.113. The number of alkyl halides is 6. The fourth-order valence-electron chi connectivity index (χ4n) is 6.36. The van der Waals surface area contributed by atoms with Gasteiger partial charge in [-0.3, -0.25) is 29.1 Å². The highest BCUT2D eigenvalue weighted by molar-refractivity contribution is 6.63. The molecular formula is C43H62Cl3F7N8O12. The molecular weight excluding hydrogens is 1060 g/mol. The van der Waals surface area contributed by atoms with Gasteiger partial charge in [-0.05, 0) is 20.8 Å². The lowest BCUT2D eigenvalue weighted by Gasteiger charge is -2.26. The maximum absolute atomic E-state index is 15.0. The maximum atomic E-state index is 15.0. The molecule has 0 saturated carbocycles. The highest BCUT2D eigenvalue weighted by Gasteiger charge is 2.39. The monoisotopic (exact) mass is 1120 g/mol. The zero-order chi connectivity index (χ0) is 52.7. The van der Waals surface area contributed by atoms with Crippen LogP contribution >= 0.6 is 34.8 Å². The number of carbonyl (C=O) groups excluding carboxylic acids is 5. The minimum absolute atomic E-state index is 0. The number of ether oxygens (including phenoxy) is 3. The number of nitrogens with one attached hydrogen (secondary N) is 3. The zero-order valence-electron chi connectivity index (χ0n) is 38.0. The second-order valence-corrected chi connectivity index (χ2v) is 17.8. The number of hydroxylamine groups is 3. The number of cyclic esters (lactones) is 2. The van der Waals surface area contributed by atoms with Crippen LogP contribution in [-0.4, -0.2) is 153 Å². The Morgan fingerprint density at radius 2 is 1.11 bits per heavy atom. The Morgan fingerprint density at radius 3 is 1.48 bits per heavy atom. The Labute approximate surface area is 433 Å². The molecule has 4 fully saturated rings. The van der Waals surface area contributed by atoms with E-state index in [1.807, 2.05) is 0 Å². The number of benzene rings is 2. The Balaban J connectivity index is 0.00000116. The summed E-state index contributed by atoms with van der Waals surface area (Å²) in [5, 5.41) is 13.2. The second kappa shape index (κ2) is 30.7. The van der Waals surface area contributed by atoms with Crippen LogP contribution in [0.4, 0.5) is 67.9 Å². The molecule has 4 heterocycles. The number of halogens is 10. The van der Waals surface area contributed by atoms with E-state index in [0.717, 1.165) is 39.1 Å². The van der Waals surface area contributed by atoms with Crippen LogP contribution in [0.1, 0.15) is 56.9 Å². The number of carboxylic acid groups (broad SMARTS) is 1. The molecule has 30 heteroatoms. The average Bonchev–Trinajstić information content (AvgIpc) is 3.54. The molecule has 0 spiro atoms. The SMILES string of the molecule is C.C.C.CC(=O)NC[C@H]1CN(c2cc(F)c(N3CCNOCC3)c(F)c2)C(=O)O1.CC(=O)NC[C@H]1CN(c2cc(F)c(N3CCON(C(=O)OC(C)(C)C)CC3)c(F)c2)C(=O)O1.ClC(Cl)Cl.O=C(O)C(F)(F)F. The zero-order valence-corrected chi connectivity index (χ0v) is 40.2. The predicted octanol–water partition coefficient (Wildman–Crippen LogP) is 7.71. The standard InChI is InChI=1S/C21H28F2N4O6.C16H20F2N4O4.C2HF3O2.CHCl3.3CH4/c1-13(28)24-11-15-12-26(19(29)32-15)14-9-16(22)18(17(23)10-14)25-5-6-27(31-8-7-25)20(30)33-21(2,3)4;1-10(23)19-8-12-9-22(16(24)26-12)11-6-13(17)15(14(18)7-11)21-3-2-20-25-5-4-21;3-2(4,5)1(6)7;2-1(3)4;;;/h9-10,15H,5-8,11-12H2,1-4H3,(H,24,28);6-7,12,20H,2-5,8-9H2,1H3,(H,19,23);(H,6,7);1H;3*1H4/t15-;12-;;;;;/m00...../s1. The van der Waals surface area contributed by atoms with Gasteiger partial charge in [-0.1, -0.05) is 57.1 Å². The minimum Gasteiger partial charge on any atom is -0.475 e. The van der Waals surface area contributed by atoms with Crippen molar-refractivity contribution < 1.29 is 88.5 Å². The summed E-state index contributed by atoms with van der Waals surface area (Å²) in [7, 11) is 0. The van der Waals surface area contributed by atoms with Crippen molar-refractivity contribution in [2.45, 2.75) is 85.2 Å². The normalized spacial score (nSPS) is 17.7. The molecule has 4 saturated heterocycles. The van der Waals surface area contributed by atoms with Crippen LogP contribution in [0.5, 0.6) is 0 Å². The number of rotatable bonds is 8. The molecule has 0 unspecified atom stereocenters. The van der Waals surface area contributed by atoms with Crippen LogP contribution < -0.4 is 35.7 Å². The van der Waals surface area contributed by atoms with Gasteiger partial charge in [0.2, 0.25) is 11.8 Å². The predicted molar refractivity (Wildman–Crippen MR) is 258 cm³/mol. The molecule has 20 nitrogen and oxygen atoms in total. The summed E-state index contributed by atoms with van der Waals surface area (Å²) in [6, 6.07) is 4.33. The molecule has 2 atom stereocenters. The maximum Gasteiger partial charge on any atom is 0.490 e. The lowest BCUT2D eigenvalue weighted by Crippen LogP contribution is -2.38. The van der Waals surface area contributed by atoms with E-state index in [0.29, 0.717) is 26.2 Å². The van der Waals surface area contributed by atoms with Gasteiger partial charge in [-0.2, -0.15) is 18.2 Å². The average molecular weight is 1120 g/mol. The smallest absolute Gasteiger partial charge is 0.475 e. The number of anilines is 4. The molecule has 6 rings (SSSR count). The van der Waals surface area contributed by atoms with Crippen LogP contribution in [0.2, 0.25) is 0 Å². The first kappa shape index (κ1) is 67.5. The molecule has 73 heavy (non-hydrogen) atoms. The van der Waals surface area contributed by atoms with Gasteiger partial charge < -0.3 is 39.8 Å². The van der Waals surface area contributed by atoms with Gasteiger partial charge in [0, 0.05) is 70.8 Å². The molecule has 0 aromatic heterocycles. The Morgan fingerprint density at radius 1 is 0.726 bits per heavy atom. The van der Waals surface area contributed by atoms with Gasteiger partial charge in [0.1, 0.15) is 29.2 Å². The molecule has 0 radical (unpaired) electrons. The molecule has 416 valence electrons. The van der Waals surface area contributed by atoms with Gasteiger partial charge in [0.25, 0.3) is 0 Å². The van der Waals surface area contributed by atoms with Crippen LogP contribution in [0.15, 0.2) is 24.3 Å². The van der Waals surface area contributed by atoms with E-state index >= 15 is 0 Å². The molecule has 0 aliphatic carbocycles. The van der Waals surface area contributed by atoms with Gasteiger partial charge >= 0.3 is 30.4 Å². The first-order chi connectivity index (χ1) is 32.6. The topological polar surface area (TPSA) is 221 Å². The third-order valence-corrected chi connectivity index (χ3v) is 9.23. The lowest BCUT2D eigenvalue weighted by atomic mass is 10.2. The summed E-state index contributed by atoms with van der Waals surface area (Å²) >= 11 is 14.4. The van der Waals surface area contributed by atoms with E-state index in [1.54, 1.807) is 25.7 Å². The van der Waals surface area contributed by atoms with E-state index in [-0.39, 0.29) is 109 Å². The summed E-state index contributed by atoms with van der Waals surface area (Å²) in [5.74, 6) is -6.55. The summed E-state index contributed by atoms with van der Waals surface area (Å²) < 4.78 is 106. The molecule has 4 aliphatic heterocycles. The molecule has 0 bridgehead atoms. The number of carboxylic acids is 1. The first-order valence-corrected chi connectivity index (χ1v) is 22.0. The molecule has 5 amide bonds. The van der Waals surface area contributed by atoms with E-state index in [9.17, 15) is 54.7 Å². The van der Waals surface area contributed by atoms with Gasteiger partial charge in [-0.15, -0.1) is 0 Å². The number of hydrogen-bond acceptors (Lipinski definition) is 14. The van der Waals surface area contributed by atoms with Crippen LogP contribution in [0.3, 0.4) is 0 Å². The second-order valence-electron chi connectivity index (χ2n) is 15.8. The van der Waals surface area contributed by atoms with Crippen LogP contribution in [0.25, 0.3) is 0 Å². The van der Waals surface area contributed by atoms with Crippen LogP contribution in [0, 0.1) is 23.3 Å². The third kappa shape index (κ3) is 22.3. The Bertz CT molecular complexity index is 2110. The van der Waals surface area contributed by atoms with Crippen molar-refractivity contribution in [1.29, 1.82) is 0 Å². The van der Waals surface area contributed by atoms with E-state index in [4.69, 9.17) is 68.6 Å². The lowest BCUT2D eigenvalue weighted by molar-refractivity contribution is -0.192. The van der Waals surface area contributed by atoms with Gasteiger partial charge in [0.05, 0.1) is 57.3 Å². The fourth-order valence-corrected chi connectivity index (χ4v) is 6.36. The summed E-state index contributed by atoms with van der Waals surface area (Å²) in [4.78, 5) is 82.9. The summed E-state index contributed by atoms with van der Waals surface area (Å²) in [5.41, 5.74) is 1.62. The Hall–Kier alpha value is -5.48. The number of hydrogen-bond donors (Lipinski definition) is 4. The minimum atomic E-state index is -5.08. The largest absolute Gasteiger partial charge is 0.490 e. The van der Waals surface area contributed by atoms with Crippen molar-refractivity contribution in [1.82, 2.24) is 21.2 Å². The number of aliphatic carboxylic acids is 1. The first-order valence-electron chi connectivity index (χ1n) is 20.7. The van der Waals surface area contributed by atoms with E-state index in [1.165, 1.54) is 18.7 Å². The van der Waals surface area contributed by atoms with Crippen molar-refractivity contribution in [3.05, 3.63) is 47.5 Å². The van der Waals surface area contributed by atoms with Gasteiger partial charge in [-0.25, -0.2) is 42.2 Å². The molecule has 4 aliphatic rings. The number of nitrogens with zero attached hydrogens (tertiary/aromatic N) is 5. The van der Waals surface area contributed by atoms with Crippen molar-refractivity contribution in [3.63, 3.8) is 0 Å². The third-order valence-electron chi connectivity index (χ3n) is 9.23. The van der Waals surface area contributed by atoms with Crippen LogP contribution in [-0.2, 0) is 38.3 Å². The van der Waals surface area contributed by atoms with Crippen molar-refractivity contribution in [2.24, 2.45) is 0 Å². The highest BCUT2D eigenvalue weighted by Crippen LogP contribution is 2.33. The highest BCUT2D eigenvalue weighted by atomic mass is 35.6. The number of amides is 5. The van der Waals surface area contributed by atoms with E-state index in [2.05, 4.69) is 16.1 Å².